The standard InChI is InChI=1S/C7H14NS2Se/c1-3-5-8(6-4-2)7-9-11-10-7/h3-6H2,1-2H3/q+1. The first-order chi connectivity index (χ1) is 5.38. The van der Waals surface area contributed by atoms with Crippen LogP contribution in [0.3, 0.4) is 0 Å². The average Bonchev–Trinajstić information content (AvgIpc) is 1.85. The summed E-state index contributed by atoms with van der Waals surface area (Å²) in [4.78, 5) is 0. The summed E-state index contributed by atoms with van der Waals surface area (Å²) >= 11 is 0.801. The summed E-state index contributed by atoms with van der Waals surface area (Å²) in [5.74, 6) is 0. The van der Waals surface area contributed by atoms with Gasteiger partial charge in [0.25, 0.3) is 0 Å². The van der Waals surface area contributed by atoms with Crippen LogP contribution in [0.25, 0.3) is 0 Å². The molecular formula is C7H14NS2Se+. The molecule has 0 aromatic carbocycles. The Morgan fingerprint density at radius 1 is 1.18 bits per heavy atom. The van der Waals surface area contributed by atoms with Gasteiger partial charge in [0, 0.05) is 0 Å². The van der Waals surface area contributed by atoms with E-state index in [4.69, 9.17) is 0 Å². The third-order valence-corrected chi connectivity index (χ3v) is 9.29. The molecule has 0 aliphatic carbocycles. The van der Waals surface area contributed by atoms with E-state index in [0.717, 1.165) is 12.2 Å². The van der Waals surface area contributed by atoms with Crippen molar-refractivity contribution in [3.8, 4) is 0 Å². The Labute approximate surface area is 79.9 Å². The van der Waals surface area contributed by atoms with Crippen LogP contribution in [0.2, 0.25) is 0 Å². The second-order valence-corrected chi connectivity index (χ2v) is 9.06. The van der Waals surface area contributed by atoms with Crippen molar-refractivity contribution in [3.05, 3.63) is 3.98 Å². The molecule has 4 heteroatoms. The van der Waals surface area contributed by atoms with Gasteiger partial charge in [0.15, 0.2) is 0 Å². The van der Waals surface area contributed by atoms with E-state index in [9.17, 15) is 0 Å². The second-order valence-electron chi connectivity index (χ2n) is 2.49. The fourth-order valence-electron chi connectivity index (χ4n) is 1.00. The van der Waals surface area contributed by atoms with Crippen LogP contribution in [-0.4, -0.2) is 25.3 Å². The van der Waals surface area contributed by atoms with Crippen molar-refractivity contribution in [3.63, 3.8) is 0 Å². The topological polar surface area (TPSA) is 3.01 Å². The van der Waals surface area contributed by atoms with E-state index in [-0.39, 0.29) is 0 Å². The number of hydrogen-bond donors (Lipinski definition) is 0. The van der Waals surface area contributed by atoms with Gasteiger partial charge in [-0.3, -0.25) is 0 Å². The number of rotatable bonds is 4. The van der Waals surface area contributed by atoms with Gasteiger partial charge in [0.2, 0.25) is 0 Å². The molecule has 1 rings (SSSR count). The Hall–Kier alpha value is 0.629. The SMILES string of the molecule is CCC[N+](CCC)=c1s[se]s1. The molecule has 0 amide bonds. The Morgan fingerprint density at radius 2 is 1.73 bits per heavy atom. The summed E-state index contributed by atoms with van der Waals surface area (Å²) in [6.45, 7) is 7.00. The second kappa shape index (κ2) is 5.31. The summed E-state index contributed by atoms with van der Waals surface area (Å²) in [6.07, 6.45) is 2.55. The molecule has 1 aromatic heterocycles. The van der Waals surface area contributed by atoms with Crippen molar-refractivity contribution < 1.29 is 0 Å². The predicted octanol–water partition coefficient (Wildman–Crippen LogP) is 1.46. The predicted molar refractivity (Wildman–Crippen MR) is 54.7 cm³/mol. The van der Waals surface area contributed by atoms with Crippen LogP contribution in [0.1, 0.15) is 26.7 Å². The Balaban J connectivity index is 2.65. The van der Waals surface area contributed by atoms with E-state index < -0.39 is 0 Å². The van der Waals surface area contributed by atoms with Crippen LogP contribution in [0.5, 0.6) is 0 Å². The molecule has 0 aliphatic rings. The molecule has 0 N–H and O–H groups in total. The zero-order valence-corrected chi connectivity index (χ0v) is 10.3. The minimum absolute atomic E-state index is 0.801. The van der Waals surface area contributed by atoms with Crippen molar-refractivity contribution >= 4 is 31.6 Å². The van der Waals surface area contributed by atoms with E-state index >= 15 is 0 Å². The molecule has 1 aromatic rings. The summed E-state index contributed by atoms with van der Waals surface area (Å²) in [7, 11) is 4.12. The molecule has 0 radical (unpaired) electrons. The van der Waals surface area contributed by atoms with Crippen molar-refractivity contribution in [2.45, 2.75) is 26.7 Å². The van der Waals surface area contributed by atoms with Crippen molar-refractivity contribution in [1.29, 1.82) is 0 Å². The third-order valence-electron chi connectivity index (χ3n) is 1.46. The molecule has 0 fully saturated rings. The van der Waals surface area contributed by atoms with Crippen molar-refractivity contribution in [2.75, 3.05) is 13.1 Å². The monoisotopic (exact) mass is 256 g/mol. The van der Waals surface area contributed by atoms with Crippen LogP contribution in [0, 0.1) is 0 Å². The van der Waals surface area contributed by atoms with Crippen LogP contribution in [0.4, 0.5) is 0 Å². The Kier molecular flexibility index (Phi) is 4.69. The molecule has 1 nitrogen and oxygen atoms in total. The quantitative estimate of drug-likeness (QED) is 0.566. The fraction of sp³-hybridized carbons (Fsp3) is 0.857. The van der Waals surface area contributed by atoms with E-state index in [0.29, 0.717) is 0 Å². The van der Waals surface area contributed by atoms with Gasteiger partial charge < -0.3 is 0 Å². The first-order valence-electron chi connectivity index (χ1n) is 4.01. The normalized spacial score (nSPS) is 10.4. The van der Waals surface area contributed by atoms with Crippen LogP contribution >= 0.6 is 19.4 Å². The van der Waals surface area contributed by atoms with Gasteiger partial charge in [0.05, 0.1) is 0 Å². The summed E-state index contributed by atoms with van der Waals surface area (Å²) in [6, 6.07) is 0. The zero-order chi connectivity index (χ0) is 8.10. The van der Waals surface area contributed by atoms with Crippen molar-refractivity contribution in [2.24, 2.45) is 0 Å². The van der Waals surface area contributed by atoms with Crippen LogP contribution in [0.15, 0.2) is 0 Å². The summed E-state index contributed by atoms with van der Waals surface area (Å²) in [5.41, 5.74) is 0. The zero-order valence-electron chi connectivity index (χ0n) is 7.00. The average molecular weight is 255 g/mol. The minimum atomic E-state index is 0.801. The molecule has 0 atom stereocenters. The molecule has 11 heavy (non-hydrogen) atoms. The molecular weight excluding hydrogens is 241 g/mol. The van der Waals surface area contributed by atoms with Crippen LogP contribution in [-0.2, 0) is 0 Å². The molecule has 1 heterocycles. The van der Waals surface area contributed by atoms with Gasteiger partial charge in [-0.05, 0) is 0 Å². The van der Waals surface area contributed by atoms with E-state index in [1.165, 1.54) is 25.9 Å². The molecule has 64 valence electrons. The summed E-state index contributed by atoms with van der Waals surface area (Å²) in [5, 5.41) is 0. The van der Waals surface area contributed by atoms with Gasteiger partial charge in [-0.15, -0.1) is 0 Å². The van der Waals surface area contributed by atoms with Gasteiger partial charge in [-0.2, -0.15) is 0 Å². The van der Waals surface area contributed by atoms with E-state index in [1.54, 1.807) is 3.98 Å². The third kappa shape index (κ3) is 2.86. The maximum absolute atomic E-state index is 2.53. The molecule has 0 saturated heterocycles. The molecule has 0 aliphatic heterocycles. The van der Waals surface area contributed by atoms with Crippen molar-refractivity contribution in [1.82, 2.24) is 4.58 Å². The van der Waals surface area contributed by atoms with E-state index in [1.807, 2.05) is 0 Å². The maximum atomic E-state index is 2.53. The van der Waals surface area contributed by atoms with Gasteiger partial charge in [0.1, 0.15) is 0 Å². The van der Waals surface area contributed by atoms with Crippen LogP contribution < -0.4 is 8.56 Å². The molecule has 0 bridgehead atoms. The number of nitrogens with zero attached hydrogens (tertiary/aromatic N) is 1. The molecule has 0 saturated carbocycles. The van der Waals surface area contributed by atoms with Gasteiger partial charge in [-0.1, -0.05) is 0 Å². The Morgan fingerprint density at radius 3 is 2.00 bits per heavy atom. The number of hydrogen-bond acceptors (Lipinski definition) is 2. The van der Waals surface area contributed by atoms with Gasteiger partial charge >= 0.3 is 80.0 Å². The fourth-order valence-corrected chi connectivity index (χ4v) is 5.86. The Bertz CT molecular complexity index is 225. The first-order valence-corrected chi connectivity index (χ1v) is 9.69. The van der Waals surface area contributed by atoms with E-state index in [2.05, 4.69) is 37.9 Å². The summed E-state index contributed by atoms with van der Waals surface area (Å²) < 4.78 is 4.11. The van der Waals surface area contributed by atoms with Gasteiger partial charge in [-0.25, -0.2) is 0 Å². The first kappa shape index (κ1) is 9.72. The molecule has 0 spiro atoms. The molecule has 0 unspecified atom stereocenters.